The van der Waals surface area contributed by atoms with Gasteiger partial charge in [-0.3, -0.25) is 0 Å². The SMILES string of the molecule is CCNC(=NCc1ccc(OC)cc1)NCCCc1cccc(OC)c1.I. The molecule has 2 aromatic rings. The van der Waals surface area contributed by atoms with Crippen molar-refractivity contribution < 1.29 is 9.47 Å². The first kappa shape index (κ1) is 23.1. The lowest BCUT2D eigenvalue weighted by Gasteiger charge is -2.11. The molecule has 0 spiro atoms. The van der Waals surface area contributed by atoms with Gasteiger partial charge in [-0.1, -0.05) is 24.3 Å². The molecule has 6 heteroatoms. The monoisotopic (exact) mass is 483 g/mol. The Morgan fingerprint density at radius 3 is 2.33 bits per heavy atom. The number of ether oxygens (including phenoxy) is 2. The average Bonchev–Trinajstić information content (AvgIpc) is 2.69. The number of methoxy groups -OCH3 is 2. The number of hydrogen-bond acceptors (Lipinski definition) is 3. The fourth-order valence-electron chi connectivity index (χ4n) is 2.57. The van der Waals surface area contributed by atoms with Crippen LogP contribution in [0.25, 0.3) is 0 Å². The standard InChI is InChI=1S/C21H29N3O2.HI/c1-4-22-21(24-16-18-10-12-19(25-2)13-11-18)23-14-6-8-17-7-5-9-20(15-17)26-3;/h5,7,9-13,15H,4,6,8,14,16H2,1-3H3,(H2,22,23,24);1H. The highest BCUT2D eigenvalue weighted by molar-refractivity contribution is 14.0. The predicted molar refractivity (Wildman–Crippen MR) is 123 cm³/mol. The van der Waals surface area contributed by atoms with Crippen molar-refractivity contribution in [3.63, 3.8) is 0 Å². The van der Waals surface area contributed by atoms with Gasteiger partial charge in [0.2, 0.25) is 0 Å². The van der Waals surface area contributed by atoms with Crippen molar-refractivity contribution in [2.45, 2.75) is 26.3 Å². The van der Waals surface area contributed by atoms with Crippen LogP contribution in [0.15, 0.2) is 53.5 Å². The summed E-state index contributed by atoms with van der Waals surface area (Å²) >= 11 is 0. The van der Waals surface area contributed by atoms with E-state index in [1.165, 1.54) is 5.56 Å². The van der Waals surface area contributed by atoms with E-state index in [9.17, 15) is 0 Å². The largest absolute Gasteiger partial charge is 0.497 e. The first-order chi connectivity index (χ1) is 12.7. The van der Waals surface area contributed by atoms with Gasteiger partial charge in [0.1, 0.15) is 11.5 Å². The third-order valence-electron chi connectivity index (χ3n) is 3.99. The van der Waals surface area contributed by atoms with Gasteiger partial charge in [0, 0.05) is 13.1 Å². The second-order valence-corrected chi connectivity index (χ2v) is 5.93. The highest BCUT2D eigenvalue weighted by atomic mass is 127. The zero-order valence-corrected chi connectivity index (χ0v) is 18.7. The molecule has 0 aromatic heterocycles. The number of benzene rings is 2. The number of nitrogens with zero attached hydrogens (tertiary/aromatic N) is 1. The Bertz CT molecular complexity index is 690. The summed E-state index contributed by atoms with van der Waals surface area (Å²) in [6.45, 7) is 4.41. The Kier molecular flexibility index (Phi) is 11.3. The van der Waals surface area contributed by atoms with E-state index in [0.29, 0.717) is 6.54 Å². The molecule has 0 aliphatic carbocycles. The Morgan fingerprint density at radius 1 is 0.926 bits per heavy atom. The summed E-state index contributed by atoms with van der Waals surface area (Å²) < 4.78 is 10.4. The maximum absolute atomic E-state index is 5.27. The number of aryl methyl sites for hydroxylation is 1. The molecule has 0 saturated carbocycles. The van der Waals surface area contributed by atoms with Crippen LogP contribution < -0.4 is 20.1 Å². The van der Waals surface area contributed by atoms with Gasteiger partial charge in [0.25, 0.3) is 0 Å². The average molecular weight is 483 g/mol. The van der Waals surface area contributed by atoms with Gasteiger partial charge in [-0.2, -0.15) is 0 Å². The molecule has 0 saturated heterocycles. The summed E-state index contributed by atoms with van der Waals surface area (Å²) in [6.07, 6.45) is 2.03. The maximum atomic E-state index is 5.27. The molecule has 27 heavy (non-hydrogen) atoms. The molecule has 0 fully saturated rings. The van der Waals surface area contributed by atoms with E-state index in [0.717, 1.165) is 49.0 Å². The normalized spacial score (nSPS) is 10.7. The fraction of sp³-hybridized carbons (Fsp3) is 0.381. The Morgan fingerprint density at radius 2 is 1.67 bits per heavy atom. The number of guanidine groups is 1. The lowest BCUT2D eigenvalue weighted by atomic mass is 10.1. The van der Waals surface area contributed by atoms with Crippen molar-refractivity contribution in [2.24, 2.45) is 4.99 Å². The van der Waals surface area contributed by atoms with Gasteiger partial charge in [-0.25, -0.2) is 4.99 Å². The van der Waals surface area contributed by atoms with Crippen LogP contribution in [0.4, 0.5) is 0 Å². The van der Waals surface area contributed by atoms with E-state index in [2.05, 4.69) is 34.7 Å². The molecule has 2 rings (SSSR count). The number of halogens is 1. The molecular weight excluding hydrogens is 453 g/mol. The third-order valence-corrected chi connectivity index (χ3v) is 3.99. The third kappa shape index (κ3) is 8.51. The first-order valence-corrected chi connectivity index (χ1v) is 9.03. The van der Waals surface area contributed by atoms with Gasteiger partial charge in [-0.15, -0.1) is 24.0 Å². The van der Waals surface area contributed by atoms with E-state index in [4.69, 9.17) is 9.47 Å². The summed E-state index contributed by atoms with van der Waals surface area (Å²) in [5.74, 6) is 2.61. The van der Waals surface area contributed by atoms with E-state index >= 15 is 0 Å². The molecule has 2 aromatic carbocycles. The Balaban J connectivity index is 0.00000364. The number of rotatable bonds is 9. The van der Waals surface area contributed by atoms with Crippen molar-refractivity contribution >= 4 is 29.9 Å². The number of aliphatic imine (C=N–C) groups is 1. The quantitative estimate of drug-likeness (QED) is 0.245. The van der Waals surface area contributed by atoms with Crippen LogP contribution in [0.5, 0.6) is 11.5 Å². The summed E-state index contributed by atoms with van der Waals surface area (Å²) in [7, 11) is 3.37. The predicted octanol–water partition coefficient (Wildman–Crippen LogP) is 4.01. The summed E-state index contributed by atoms with van der Waals surface area (Å²) in [4.78, 5) is 4.64. The highest BCUT2D eigenvalue weighted by Gasteiger charge is 2.00. The van der Waals surface area contributed by atoms with Gasteiger partial charge >= 0.3 is 0 Å². The lowest BCUT2D eigenvalue weighted by molar-refractivity contribution is 0.414. The Hall–Kier alpha value is -1.96. The molecule has 2 N–H and O–H groups in total. The van der Waals surface area contributed by atoms with Crippen molar-refractivity contribution in [3.05, 3.63) is 59.7 Å². The van der Waals surface area contributed by atoms with Crippen molar-refractivity contribution in [1.82, 2.24) is 10.6 Å². The molecule has 148 valence electrons. The summed E-state index contributed by atoms with van der Waals surface area (Å²) in [6, 6.07) is 16.2. The minimum Gasteiger partial charge on any atom is -0.497 e. The van der Waals surface area contributed by atoms with E-state index in [-0.39, 0.29) is 24.0 Å². The van der Waals surface area contributed by atoms with Crippen molar-refractivity contribution in [1.29, 1.82) is 0 Å². The second-order valence-electron chi connectivity index (χ2n) is 5.93. The molecule has 5 nitrogen and oxygen atoms in total. The van der Waals surface area contributed by atoms with Crippen LogP contribution in [-0.4, -0.2) is 33.3 Å². The van der Waals surface area contributed by atoms with Gasteiger partial charge in [0.05, 0.1) is 20.8 Å². The molecule has 0 heterocycles. The van der Waals surface area contributed by atoms with Crippen LogP contribution >= 0.6 is 24.0 Å². The second kappa shape index (κ2) is 13.2. The maximum Gasteiger partial charge on any atom is 0.191 e. The molecule has 0 aliphatic rings. The fourth-order valence-corrected chi connectivity index (χ4v) is 2.57. The van der Waals surface area contributed by atoms with Crippen molar-refractivity contribution in [3.8, 4) is 11.5 Å². The topological polar surface area (TPSA) is 54.9 Å². The number of nitrogens with one attached hydrogen (secondary N) is 2. The minimum absolute atomic E-state index is 0. The molecule has 0 amide bonds. The van der Waals surface area contributed by atoms with E-state index in [1.807, 2.05) is 36.4 Å². The van der Waals surface area contributed by atoms with Crippen LogP contribution in [0.2, 0.25) is 0 Å². The van der Waals surface area contributed by atoms with E-state index < -0.39 is 0 Å². The summed E-state index contributed by atoms with van der Waals surface area (Å²) in [5, 5.41) is 6.68. The molecule has 0 bridgehead atoms. The van der Waals surface area contributed by atoms with Gasteiger partial charge in [-0.05, 0) is 55.2 Å². The molecular formula is C21H30IN3O2. The zero-order chi connectivity index (χ0) is 18.6. The number of hydrogen-bond donors (Lipinski definition) is 2. The van der Waals surface area contributed by atoms with E-state index in [1.54, 1.807) is 14.2 Å². The zero-order valence-electron chi connectivity index (χ0n) is 16.3. The van der Waals surface area contributed by atoms with Crippen LogP contribution in [0.3, 0.4) is 0 Å². The molecule has 0 atom stereocenters. The molecule has 0 aliphatic heterocycles. The van der Waals surface area contributed by atoms with Crippen molar-refractivity contribution in [2.75, 3.05) is 27.3 Å². The minimum atomic E-state index is 0. The van der Waals surface area contributed by atoms with Gasteiger partial charge in [0.15, 0.2) is 5.96 Å². The van der Waals surface area contributed by atoms with Gasteiger partial charge < -0.3 is 20.1 Å². The Labute approximate surface area is 179 Å². The van der Waals surface area contributed by atoms with Crippen LogP contribution in [0, 0.1) is 0 Å². The highest BCUT2D eigenvalue weighted by Crippen LogP contribution is 2.14. The smallest absolute Gasteiger partial charge is 0.191 e. The summed E-state index contributed by atoms with van der Waals surface area (Å²) in [5.41, 5.74) is 2.44. The van der Waals surface area contributed by atoms with Crippen LogP contribution in [0.1, 0.15) is 24.5 Å². The lowest BCUT2D eigenvalue weighted by Crippen LogP contribution is -2.37. The first-order valence-electron chi connectivity index (χ1n) is 9.03. The molecule has 0 unspecified atom stereocenters. The van der Waals surface area contributed by atoms with Crippen LogP contribution in [-0.2, 0) is 13.0 Å². The molecule has 0 radical (unpaired) electrons.